The Morgan fingerprint density at radius 2 is 2.11 bits per heavy atom. The number of carbonyl (C=O) groups is 1. The summed E-state index contributed by atoms with van der Waals surface area (Å²) in [5.74, 6) is 1.17. The molecule has 0 bridgehead atoms. The fourth-order valence-electron chi connectivity index (χ4n) is 1.99. The zero-order valence-corrected chi connectivity index (χ0v) is 17.1. The summed E-state index contributed by atoms with van der Waals surface area (Å²) in [6.07, 6.45) is 0.734. The fourth-order valence-corrected chi connectivity index (χ4v) is 4.63. The minimum absolute atomic E-state index is 0.0214. The minimum Gasteiger partial charge on any atom is -0.496 e. The van der Waals surface area contributed by atoms with Crippen molar-refractivity contribution in [3.63, 3.8) is 0 Å². The van der Waals surface area contributed by atoms with Gasteiger partial charge in [-0.05, 0) is 6.42 Å². The van der Waals surface area contributed by atoms with Crippen LogP contribution in [0.25, 0.3) is 0 Å². The maximum atomic E-state index is 12.3. The van der Waals surface area contributed by atoms with Gasteiger partial charge in [0.1, 0.15) is 5.75 Å². The predicted octanol–water partition coefficient (Wildman–Crippen LogP) is 2.76. The summed E-state index contributed by atoms with van der Waals surface area (Å²) >= 11 is 1.13. The highest BCUT2D eigenvalue weighted by Crippen LogP contribution is 2.30. The molecule has 154 valence electrons. The van der Waals surface area contributed by atoms with Crippen LogP contribution in [0.5, 0.6) is 11.6 Å². The highest BCUT2D eigenvalue weighted by molar-refractivity contribution is 8.13. The summed E-state index contributed by atoms with van der Waals surface area (Å²) in [7, 11) is -1.25. The number of hydrogen-bond acceptors (Lipinski definition) is 10. The van der Waals surface area contributed by atoms with E-state index in [2.05, 4.69) is 24.8 Å². The number of ether oxygens (including phenoxy) is 2. The molecular weight excluding hydrogens is 412 g/mol. The number of azo groups is 1. The molecule has 1 aromatic rings. The number of aromatic nitrogens is 1. The van der Waals surface area contributed by atoms with Crippen LogP contribution in [-0.4, -0.2) is 62.3 Å². The molecule has 2 heterocycles. The number of amides is 2. The normalized spacial score (nSPS) is 18.2. The summed E-state index contributed by atoms with van der Waals surface area (Å²) < 4.78 is 36.7. The molecule has 1 aromatic heterocycles. The molecule has 0 aromatic carbocycles. The Morgan fingerprint density at radius 3 is 2.79 bits per heavy atom. The van der Waals surface area contributed by atoms with Gasteiger partial charge in [-0.25, -0.2) is 13.2 Å². The number of hydroxylamine groups is 2. The lowest BCUT2D eigenvalue weighted by atomic mass is 10.4. The summed E-state index contributed by atoms with van der Waals surface area (Å²) in [6, 6.07) is 1.72. The van der Waals surface area contributed by atoms with E-state index in [1.165, 1.54) is 31.4 Å². The van der Waals surface area contributed by atoms with E-state index in [-0.39, 0.29) is 11.7 Å². The molecule has 0 radical (unpaired) electrons. The molecule has 28 heavy (non-hydrogen) atoms. The molecule has 1 aliphatic heterocycles. The van der Waals surface area contributed by atoms with Crippen molar-refractivity contribution in [1.29, 1.82) is 0 Å². The number of pyridine rings is 1. The van der Waals surface area contributed by atoms with Crippen LogP contribution in [0.1, 0.15) is 13.3 Å². The standard InChI is InChI=1S/C14H20N6O6S2/c1-4-6-26-20-5-7-27-14(20)28(22,23)19-18-13(21)17-16-11-8-10(24-2)9-12(15-11)25-3/h8-9,14H,4-7H2,1-3H3. The van der Waals surface area contributed by atoms with Crippen molar-refractivity contribution in [2.24, 2.45) is 19.9 Å². The molecule has 0 N–H and O–H groups in total. The number of urea groups is 1. The molecule has 1 unspecified atom stereocenters. The zero-order valence-electron chi connectivity index (χ0n) is 15.5. The number of sulfonamides is 1. The Kier molecular flexibility index (Phi) is 8.22. The van der Waals surface area contributed by atoms with E-state index in [1.54, 1.807) is 0 Å². The molecule has 2 rings (SSSR count). The van der Waals surface area contributed by atoms with Gasteiger partial charge in [0.15, 0.2) is 5.82 Å². The highest BCUT2D eigenvalue weighted by atomic mass is 32.3. The van der Waals surface area contributed by atoms with Crippen molar-refractivity contribution < 1.29 is 27.5 Å². The maximum absolute atomic E-state index is 12.3. The fraction of sp³-hybridized carbons (Fsp3) is 0.571. The molecule has 1 fully saturated rings. The van der Waals surface area contributed by atoms with Crippen LogP contribution in [0.15, 0.2) is 32.0 Å². The highest BCUT2D eigenvalue weighted by Gasteiger charge is 2.37. The van der Waals surface area contributed by atoms with Crippen molar-refractivity contribution in [3.05, 3.63) is 12.1 Å². The second kappa shape index (κ2) is 10.4. The van der Waals surface area contributed by atoms with Crippen molar-refractivity contribution >= 4 is 33.6 Å². The van der Waals surface area contributed by atoms with Gasteiger partial charge in [-0.2, -0.15) is 10.0 Å². The number of carbonyl (C=O) groups excluding carboxylic acids is 1. The lowest BCUT2D eigenvalue weighted by Gasteiger charge is -2.19. The number of nitrogens with zero attached hydrogens (tertiary/aromatic N) is 6. The number of thioether (sulfide) groups is 1. The zero-order chi connectivity index (χ0) is 20.6. The van der Waals surface area contributed by atoms with Gasteiger partial charge in [0.05, 0.1) is 20.8 Å². The first-order valence-corrected chi connectivity index (χ1v) is 10.7. The average molecular weight is 432 g/mol. The van der Waals surface area contributed by atoms with Crippen LogP contribution in [-0.2, 0) is 14.9 Å². The first-order chi connectivity index (χ1) is 13.4. The molecule has 1 saturated heterocycles. The van der Waals surface area contributed by atoms with Crippen molar-refractivity contribution in [1.82, 2.24) is 10.0 Å². The Labute approximate surface area is 166 Å². The smallest absolute Gasteiger partial charge is 0.405 e. The minimum atomic E-state index is -4.09. The van der Waals surface area contributed by atoms with Gasteiger partial charge in [0, 0.05) is 24.4 Å². The Morgan fingerprint density at radius 1 is 1.32 bits per heavy atom. The topological polar surface area (TPSA) is 144 Å². The quantitative estimate of drug-likeness (QED) is 0.566. The second-order valence-corrected chi connectivity index (χ2v) is 8.36. The molecule has 0 aliphatic carbocycles. The monoisotopic (exact) mass is 432 g/mol. The van der Waals surface area contributed by atoms with Gasteiger partial charge in [0.2, 0.25) is 10.6 Å². The van der Waals surface area contributed by atoms with Crippen molar-refractivity contribution in [2.45, 2.75) is 18.1 Å². The van der Waals surface area contributed by atoms with Crippen LogP contribution in [0.4, 0.5) is 10.6 Å². The number of methoxy groups -OCH3 is 2. The maximum Gasteiger partial charge on any atom is 0.405 e. The third kappa shape index (κ3) is 6.19. The summed E-state index contributed by atoms with van der Waals surface area (Å²) in [6.45, 7) is 2.72. The van der Waals surface area contributed by atoms with Gasteiger partial charge < -0.3 is 9.47 Å². The van der Waals surface area contributed by atoms with Gasteiger partial charge in [-0.15, -0.1) is 16.9 Å². The first-order valence-electron chi connectivity index (χ1n) is 8.13. The summed E-state index contributed by atoms with van der Waals surface area (Å²) in [4.78, 5) is 21.0. The van der Waals surface area contributed by atoms with Crippen molar-refractivity contribution in [2.75, 3.05) is 33.1 Å². The van der Waals surface area contributed by atoms with E-state index in [4.69, 9.17) is 14.3 Å². The Hall–Kier alpha value is -2.16. The van der Waals surface area contributed by atoms with E-state index in [0.717, 1.165) is 18.2 Å². The largest absolute Gasteiger partial charge is 0.496 e. The Bertz CT molecular complexity index is 824. The van der Waals surface area contributed by atoms with Gasteiger partial charge in [0.25, 0.3) is 10.0 Å². The first kappa shape index (κ1) is 22.1. The van der Waals surface area contributed by atoms with Crippen LogP contribution in [0.2, 0.25) is 0 Å². The third-order valence-corrected chi connectivity index (χ3v) is 6.34. The molecule has 12 nitrogen and oxygen atoms in total. The lowest BCUT2D eigenvalue weighted by molar-refractivity contribution is -0.144. The Balaban J connectivity index is 2.05. The number of rotatable bonds is 8. The van der Waals surface area contributed by atoms with Crippen LogP contribution in [0.3, 0.4) is 0 Å². The van der Waals surface area contributed by atoms with Crippen LogP contribution in [0, 0.1) is 0 Å². The van der Waals surface area contributed by atoms with E-state index in [1.807, 2.05) is 6.92 Å². The van der Waals surface area contributed by atoms with Crippen molar-refractivity contribution in [3.8, 4) is 11.6 Å². The number of hydrogen-bond donors (Lipinski definition) is 0. The molecule has 1 aliphatic rings. The SMILES string of the molecule is CCCON1CCSC1S(=O)(=O)N=NC(=O)N=Nc1cc(OC)cc(OC)n1. The second-order valence-electron chi connectivity index (χ2n) is 5.24. The summed E-state index contributed by atoms with van der Waals surface area (Å²) in [5, 5.41) is 11.3. The average Bonchev–Trinajstić information content (AvgIpc) is 3.18. The third-order valence-electron chi connectivity index (χ3n) is 3.21. The molecule has 0 saturated carbocycles. The molecular formula is C14H20N6O6S2. The van der Waals surface area contributed by atoms with E-state index in [9.17, 15) is 13.2 Å². The van der Waals surface area contributed by atoms with Crippen LogP contribution >= 0.6 is 11.8 Å². The summed E-state index contributed by atoms with van der Waals surface area (Å²) in [5.41, 5.74) is 0. The molecule has 1 atom stereocenters. The van der Waals surface area contributed by atoms with E-state index in [0.29, 0.717) is 24.7 Å². The predicted molar refractivity (Wildman–Crippen MR) is 100 cm³/mol. The van der Waals surface area contributed by atoms with Gasteiger partial charge >= 0.3 is 6.03 Å². The lowest BCUT2D eigenvalue weighted by Crippen LogP contribution is -2.34. The molecule has 0 spiro atoms. The van der Waals surface area contributed by atoms with Crippen LogP contribution < -0.4 is 9.47 Å². The van der Waals surface area contributed by atoms with E-state index >= 15 is 0 Å². The van der Waals surface area contributed by atoms with Gasteiger partial charge in [-0.1, -0.05) is 21.7 Å². The molecule has 2 amide bonds. The van der Waals surface area contributed by atoms with E-state index < -0.39 is 20.8 Å². The molecule has 14 heteroatoms. The van der Waals surface area contributed by atoms with Gasteiger partial charge in [-0.3, -0.25) is 4.84 Å².